The maximum Gasteiger partial charge on any atom is 0.490 e. The van der Waals surface area contributed by atoms with Gasteiger partial charge in [-0.15, -0.1) is 0 Å². The number of ether oxygens (including phenoxy) is 2. The summed E-state index contributed by atoms with van der Waals surface area (Å²) in [6, 6.07) is 2.23. The van der Waals surface area contributed by atoms with Crippen LogP contribution in [0.5, 0.6) is 0 Å². The molecule has 1 aliphatic carbocycles. The molecule has 3 heterocycles. The Balaban J connectivity index is 0.000000279. The lowest BCUT2D eigenvalue weighted by Gasteiger charge is -2.50. The third-order valence-corrected chi connectivity index (χ3v) is 6.20. The summed E-state index contributed by atoms with van der Waals surface area (Å²) in [6.45, 7) is 6.16. The summed E-state index contributed by atoms with van der Waals surface area (Å²) in [6.07, 6.45) is 0.0835. The highest BCUT2D eigenvalue weighted by Crippen LogP contribution is 2.42. The third kappa shape index (κ3) is 5.92. The zero-order chi connectivity index (χ0) is 20.2. The van der Waals surface area contributed by atoms with Crippen molar-refractivity contribution in [2.75, 3.05) is 32.9 Å². The summed E-state index contributed by atoms with van der Waals surface area (Å²) in [5.41, 5.74) is 1.59. The van der Waals surface area contributed by atoms with Gasteiger partial charge in [0.25, 0.3) is 0 Å². The second-order valence-electron chi connectivity index (χ2n) is 7.79. The fourth-order valence-corrected chi connectivity index (χ4v) is 4.43. The summed E-state index contributed by atoms with van der Waals surface area (Å²) >= 11 is 1.79. The molecule has 3 fully saturated rings. The van der Waals surface area contributed by atoms with Crippen LogP contribution in [0.2, 0.25) is 0 Å². The van der Waals surface area contributed by atoms with Crippen molar-refractivity contribution in [3.05, 3.63) is 22.4 Å². The second kappa shape index (κ2) is 9.11. The summed E-state index contributed by atoms with van der Waals surface area (Å²) in [4.78, 5) is 11.4. The Labute approximate surface area is 166 Å². The molecule has 28 heavy (non-hydrogen) atoms. The van der Waals surface area contributed by atoms with Gasteiger partial charge in [0.15, 0.2) is 0 Å². The maximum absolute atomic E-state index is 10.6. The Hall–Kier alpha value is -1.16. The molecule has 0 amide bonds. The molecule has 158 valence electrons. The smallest absolute Gasteiger partial charge is 0.475 e. The molecule has 1 N–H and O–H groups in total. The quantitative estimate of drug-likeness (QED) is 0.679. The van der Waals surface area contributed by atoms with E-state index in [9.17, 15) is 13.2 Å². The lowest BCUT2D eigenvalue weighted by atomic mass is 9.79. The first-order valence-electron chi connectivity index (χ1n) is 9.54. The average molecular weight is 421 g/mol. The van der Waals surface area contributed by atoms with Crippen LogP contribution in [0.3, 0.4) is 0 Å². The van der Waals surface area contributed by atoms with E-state index in [1.54, 1.807) is 11.3 Å². The molecule has 1 unspecified atom stereocenters. The van der Waals surface area contributed by atoms with Crippen molar-refractivity contribution in [3.8, 4) is 0 Å². The first-order valence-corrected chi connectivity index (χ1v) is 10.5. The monoisotopic (exact) mass is 421 g/mol. The first-order chi connectivity index (χ1) is 13.3. The van der Waals surface area contributed by atoms with E-state index in [-0.39, 0.29) is 5.60 Å². The van der Waals surface area contributed by atoms with Gasteiger partial charge < -0.3 is 14.6 Å². The summed E-state index contributed by atoms with van der Waals surface area (Å²) in [5.74, 6) is -1.17. The van der Waals surface area contributed by atoms with Crippen LogP contribution in [0.1, 0.15) is 31.2 Å². The van der Waals surface area contributed by atoms with Gasteiger partial charge in [-0.3, -0.25) is 4.90 Å². The molecule has 1 aromatic heterocycles. The molecule has 1 atom stereocenters. The molecule has 2 aliphatic heterocycles. The number of hydrogen-bond acceptors (Lipinski definition) is 5. The lowest BCUT2D eigenvalue weighted by molar-refractivity contribution is -0.192. The number of carboxylic acid groups (broad SMARTS) is 1. The van der Waals surface area contributed by atoms with Crippen LogP contribution in [-0.4, -0.2) is 60.7 Å². The van der Waals surface area contributed by atoms with Crippen molar-refractivity contribution in [2.45, 2.75) is 44.0 Å². The number of hydrogen-bond donors (Lipinski definition) is 1. The number of rotatable bonds is 7. The number of nitrogens with zero attached hydrogens (tertiary/aromatic N) is 1. The summed E-state index contributed by atoms with van der Waals surface area (Å²) < 4.78 is 43.7. The summed E-state index contributed by atoms with van der Waals surface area (Å²) in [7, 11) is 0. The Bertz CT molecular complexity index is 628. The fraction of sp³-hybridized carbons (Fsp3) is 0.737. The normalized spacial score (nSPS) is 23.9. The molecule has 1 aromatic rings. The predicted molar refractivity (Wildman–Crippen MR) is 98.2 cm³/mol. The molecule has 0 radical (unpaired) electrons. The predicted octanol–water partition coefficient (Wildman–Crippen LogP) is 3.79. The van der Waals surface area contributed by atoms with Crippen LogP contribution < -0.4 is 0 Å². The van der Waals surface area contributed by atoms with Gasteiger partial charge in [0.1, 0.15) is 0 Å². The van der Waals surface area contributed by atoms with Gasteiger partial charge in [-0.05, 0) is 59.9 Å². The Morgan fingerprint density at radius 3 is 2.64 bits per heavy atom. The van der Waals surface area contributed by atoms with Crippen LogP contribution in [0.15, 0.2) is 16.8 Å². The minimum absolute atomic E-state index is 0.152. The van der Waals surface area contributed by atoms with Gasteiger partial charge in [-0.25, -0.2) is 4.79 Å². The highest BCUT2D eigenvalue weighted by Gasteiger charge is 2.52. The van der Waals surface area contributed by atoms with Crippen LogP contribution >= 0.6 is 11.3 Å². The van der Waals surface area contributed by atoms with Crippen LogP contribution in [0.4, 0.5) is 13.2 Å². The van der Waals surface area contributed by atoms with E-state index < -0.39 is 12.1 Å². The van der Waals surface area contributed by atoms with Gasteiger partial charge in [-0.2, -0.15) is 24.5 Å². The van der Waals surface area contributed by atoms with E-state index in [0.717, 1.165) is 45.4 Å². The molecule has 0 aromatic carbocycles. The molecule has 1 spiro atoms. The number of aliphatic carboxylic acids is 1. The highest BCUT2D eigenvalue weighted by atomic mass is 32.1. The zero-order valence-electron chi connectivity index (χ0n) is 15.6. The van der Waals surface area contributed by atoms with Gasteiger partial charge in [0.2, 0.25) is 0 Å². The van der Waals surface area contributed by atoms with Crippen molar-refractivity contribution in [1.29, 1.82) is 0 Å². The van der Waals surface area contributed by atoms with Crippen molar-refractivity contribution in [3.63, 3.8) is 0 Å². The Kier molecular flexibility index (Phi) is 7.01. The first kappa shape index (κ1) is 21.5. The van der Waals surface area contributed by atoms with Crippen molar-refractivity contribution >= 4 is 17.3 Å². The Morgan fingerprint density at radius 2 is 2.07 bits per heavy atom. The molecule has 5 nitrogen and oxygen atoms in total. The minimum Gasteiger partial charge on any atom is -0.475 e. The van der Waals surface area contributed by atoms with E-state index >= 15 is 0 Å². The number of carboxylic acids is 1. The molecule has 4 rings (SSSR count). The molecular formula is C19H26F3NO4S. The van der Waals surface area contributed by atoms with Gasteiger partial charge in [0, 0.05) is 39.5 Å². The van der Waals surface area contributed by atoms with E-state index in [4.69, 9.17) is 19.4 Å². The van der Waals surface area contributed by atoms with E-state index in [2.05, 4.69) is 21.7 Å². The maximum atomic E-state index is 10.6. The standard InChI is InChI=1S/C17H25NO2S.C2HF3O2/c1-2-14(1)10-19-6-3-16-4-7-20-17(16)12-18(13-17)9-15-5-8-21-11-15;3-2(4,5)1(6)7/h5,8,11,14,16H,1-4,6-7,9-10,12-13H2;(H,6,7). The molecule has 3 aliphatic rings. The van der Waals surface area contributed by atoms with Crippen molar-refractivity contribution in [1.82, 2.24) is 4.90 Å². The fourth-order valence-electron chi connectivity index (χ4n) is 3.77. The topological polar surface area (TPSA) is 59.0 Å². The molecular weight excluding hydrogens is 395 g/mol. The van der Waals surface area contributed by atoms with Gasteiger partial charge >= 0.3 is 12.1 Å². The SMILES string of the molecule is O=C(O)C(F)(F)F.c1cc(CN2CC3(C2)OCCC3CCOCC2CC2)cs1. The number of alkyl halides is 3. The Morgan fingerprint density at radius 1 is 1.36 bits per heavy atom. The van der Waals surface area contributed by atoms with Crippen molar-refractivity contribution < 1.29 is 32.5 Å². The van der Waals surface area contributed by atoms with Crippen molar-refractivity contribution in [2.24, 2.45) is 11.8 Å². The van der Waals surface area contributed by atoms with E-state index in [1.165, 1.54) is 31.2 Å². The van der Waals surface area contributed by atoms with Gasteiger partial charge in [0.05, 0.1) is 5.60 Å². The average Bonchev–Trinajstić information content (AvgIpc) is 3.10. The molecule has 1 saturated carbocycles. The zero-order valence-corrected chi connectivity index (χ0v) is 16.4. The minimum atomic E-state index is -5.08. The van der Waals surface area contributed by atoms with E-state index in [0.29, 0.717) is 5.92 Å². The largest absolute Gasteiger partial charge is 0.490 e. The summed E-state index contributed by atoms with van der Waals surface area (Å²) in [5, 5.41) is 11.5. The highest BCUT2D eigenvalue weighted by molar-refractivity contribution is 7.07. The lowest BCUT2D eigenvalue weighted by Crippen LogP contribution is -2.64. The molecule has 9 heteroatoms. The molecule has 2 saturated heterocycles. The number of halogens is 3. The number of likely N-dealkylation sites (tertiary alicyclic amines) is 1. The van der Waals surface area contributed by atoms with Crippen LogP contribution in [-0.2, 0) is 20.8 Å². The van der Waals surface area contributed by atoms with Crippen LogP contribution in [0.25, 0.3) is 0 Å². The van der Waals surface area contributed by atoms with Crippen LogP contribution in [0, 0.1) is 11.8 Å². The van der Waals surface area contributed by atoms with Gasteiger partial charge in [-0.1, -0.05) is 0 Å². The number of thiophene rings is 1. The third-order valence-electron chi connectivity index (χ3n) is 5.47. The van der Waals surface area contributed by atoms with E-state index in [1.807, 2.05) is 0 Å². The molecule has 0 bridgehead atoms. The number of carbonyl (C=O) groups is 1. The second-order valence-corrected chi connectivity index (χ2v) is 8.57.